The zero-order valence-corrected chi connectivity index (χ0v) is 18.6. The van der Waals surface area contributed by atoms with Gasteiger partial charge in [-0.15, -0.1) is 0 Å². The lowest BCUT2D eigenvalue weighted by molar-refractivity contribution is -0.128. The molecule has 0 saturated heterocycles. The molecule has 1 N–H and O–H groups in total. The molecule has 0 aromatic heterocycles. The highest BCUT2D eigenvalue weighted by Gasteiger charge is 2.19. The Bertz CT molecular complexity index is 814. The number of nitrogens with one attached hydrogen (secondary N) is 1. The maximum Gasteiger partial charge on any atom is 0.261 e. The molecule has 2 aromatic carbocycles. The van der Waals surface area contributed by atoms with Gasteiger partial charge in [-0.05, 0) is 99.7 Å². The van der Waals surface area contributed by atoms with E-state index in [1.165, 1.54) is 29.5 Å². The Morgan fingerprint density at radius 1 is 0.967 bits per heavy atom. The molecule has 4 heteroatoms. The number of ether oxygens (including phenoxy) is 2. The Morgan fingerprint density at radius 2 is 1.67 bits per heavy atom. The van der Waals surface area contributed by atoms with Gasteiger partial charge in [0.2, 0.25) is 0 Å². The van der Waals surface area contributed by atoms with Gasteiger partial charge in [-0.3, -0.25) is 4.79 Å². The minimum absolute atomic E-state index is 0.0316. The highest BCUT2D eigenvalue weighted by atomic mass is 16.5. The maximum absolute atomic E-state index is 12.6. The second-order valence-electron chi connectivity index (χ2n) is 8.36. The number of hydrogen-bond acceptors (Lipinski definition) is 3. The van der Waals surface area contributed by atoms with Crippen LogP contribution in [-0.4, -0.2) is 24.7 Å². The van der Waals surface area contributed by atoms with Crippen molar-refractivity contribution in [3.8, 4) is 11.5 Å². The standard InChI is InChI=1S/C26H35NO3/c1-4-25(30-24-16-13-21-9-5-6-10-22(21)18-24)26(28)27-17-7-8-20-11-14-23(15-12-20)29-19(2)3/h11-16,18-19,25H,4-10,17H2,1-3H3,(H,27,28)/t25-/m0/s1. The molecule has 1 amide bonds. The van der Waals surface area contributed by atoms with E-state index >= 15 is 0 Å². The summed E-state index contributed by atoms with van der Waals surface area (Å²) in [7, 11) is 0. The Hall–Kier alpha value is -2.49. The number of hydrogen-bond donors (Lipinski definition) is 1. The minimum Gasteiger partial charge on any atom is -0.491 e. The van der Waals surface area contributed by atoms with Crippen LogP contribution in [0.4, 0.5) is 0 Å². The molecule has 0 aliphatic heterocycles. The van der Waals surface area contributed by atoms with Crippen molar-refractivity contribution in [1.82, 2.24) is 5.32 Å². The van der Waals surface area contributed by atoms with Crippen molar-refractivity contribution in [3.05, 3.63) is 59.2 Å². The average molecular weight is 410 g/mol. The van der Waals surface area contributed by atoms with Crippen molar-refractivity contribution >= 4 is 5.91 Å². The lowest BCUT2D eigenvalue weighted by Crippen LogP contribution is -2.38. The van der Waals surface area contributed by atoms with Crippen molar-refractivity contribution in [2.75, 3.05) is 6.54 Å². The van der Waals surface area contributed by atoms with Gasteiger partial charge in [-0.1, -0.05) is 25.1 Å². The maximum atomic E-state index is 12.6. The van der Waals surface area contributed by atoms with Crippen LogP contribution in [0.1, 0.15) is 63.1 Å². The monoisotopic (exact) mass is 409 g/mol. The van der Waals surface area contributed by atoms with Crippen molar-refractivity contribution < 1.29 is 14.3 Å². The number of fused-ring (bicyclic) bond motifs is 1. The average Bonchev–Trinajstić information content (AvgIpc) is 2.75. The van der Waals surface area contributed by atoms with Gasteiger partial charge in [-0.2, -0.15) is 0 Å². The van der Waals surface area contributed by atoms with Crippen LogP contribution in [0.3, 0.4) is 0 Å². The highest BCUT2D eigenvalue weighted by Crippen LogP contribution is 2.26. The van der Waals surface area contributed by atoms with Gasteiger partial charge in [0, 0.05) is 6.54 Å². The number of carbonyl (C=O) groups is 1. The minimum atomic E-state index is -0.445. The van der Waals surface area contributed by atoms with Crippen LogP contribution < -0.4 is 14.8 Å². The van der Waals surface area contributed by atoms with Crippen molar-refractivity contribution in [2.24, 2.45) is 0 Å². The predicted octanol–water partition coefficient (Wildman–Crippen LogP) is 5.26. The molecular weight excluding hydrogens is 374 g/mol. The number of aryl methyl sites for hydroxylation is 3. The van der Waals surface area contributed by atoms with Gasteiger partial charge < -0.3 is 14.8 Å². The van der Waals surface area contributed by atoms with Crippen LogP contribution in [0, 0.1) is 0 Å². The van der Waals surface area contributed by atoms with Gasteiger partial charge >= 0.3 is 0 Å². The molecular formula is C26H35NO3. The molecule has 4 nitrogen and oxygen atoms in total. The number of rotatable bonds is 10. The van der Waals surface area contributed by atoms with Crippen molar-refractivity contribution in [1.29, 1.82) is 0 Å². The van der Waals surface area contributed by atoms with Crippen LogP contribution in [0.15, 0.2) is 42.5 Å². The lowest BCUT2D eigenvalue weighted by atomic mass is 9.92. The largest absolute Gasteiger partial charge is 0.491 e. The van der Waals surface area contributed by atoms with E-state index in [1.54, 1.807) is 0 Å². The van der Waals surface area contributed by atoms with Gasteiger partial charge in [-0.25, -0.2) is 0 Å². The molecule has 0 fully saturated rings. The topological polar surface area (TPSA) is 47.6 Å². The molecule has 1 atom stereocenters. The fourth-order valence-corrected chi connectivity index (χ4v) is 3.89. The Labute approximate surface area is 181 Å². The van der Waals surface area contributed by atoms with Crippen LogP contribution in [0.5, 0.6) is 11.5 Å². The van der Waals surface area contributed by atoms with E-state index in [1.807, 2.05) is 39.0 Å². The van der Waals surface area contributed by atoms with E-state index in [0.29, 0.717) is 13.0 Å². The first-order chi connectivity index (χ1) is 14.5. The first-order valence-electron chi connectivity index (χ1n) is 11.4. The van der Waals surface area contributed by atoms with Gasteiger partial charge in [0.15, 0.2) is 6.10 Å². The molecule has 1 aliphatic rings. The summed E-state index contributed by atoms with van der Waals surface area (Å²) in [5, 5.41) is 3.04. The molecule has 0 unspecified atom stereocenters. The second kappa shape index (κ2) is 11.1. The normalized spacial score (nSPS) is 14.1. The number of benzene rings is 2. The summed E-state index contributed by atoms with van der Waals surface area (Å²) in [4.78, 5) is 12.6. The summed E-state index contributed by atoms with van der Waals surface area (Å²) in [6, 6.07) is 14.5. The highest BCUT2D eigenvalue weighted by molar-refractivity contribution is 5.81. The summed E-state index contributed by atoms with van der Waals surface area (Å²) in [6.45, 7) is 6.68. The van der Waals surface area contributed by atoms with E-state index in [9.17, 15) is 4.79 Å². The Morgan fingerprint density at radius 3 is 2.37 bits per heavy atom. The predicted molar refractivity (Wildman–Crippen MR) is 121 cm³/mol. The molecule has 0 spiro atoms. The summed E-state index contributed by atoms with van der Waals surface area (Å²) >= 11 is 0. The first-order valence-corrected chi connectivity index (χ1v) is 11.4. The smallest absolute Gasteiger partial charge is 0.261 e. The van der Waals surface area contributed by atoms with Crippen molar-refractivity contribution in [3.63, 3.8) is 0 Å². The molecule has 30 heavy (non-hydrogen) atoms. The molecule has 162 valence electrons. The van der Waals surface area contributed by atoms with E-state index in [2.05, 4.69) is 29.6 Å². The van der Waals surface area contributed by atoms with Gasteiger partial charge in [0.25, 0.3) is 5.91 Å². The number of amides is 1. The summed E-state index contributed by atoms with van der Waals surface area (Å²) in [5.41, 5.74) is 4.05. The summed E-state index contributed by atoms with van der Waals surface area (Å²) < 4.78 is 11.7. The first kappa shape index (κ1) is 22.2. The van der Waals surface area contributed by atoms with Crippen LogP contribution >= 0.6 is 0 Å². The van der Waals surface area contributed by atoms with E-state index in [4.69, 9.17) is 9.47 Å². The second-order valence-corrected chi connectivity index (χ2v) is 8.36. The number of carbonyl (C=O) groups excluding carboxylic acids is 1. The van der Waals surface area contributed by atoms with E-state index in [-0.39, 0.29) is 12.0 Å². The fourth-order valence-electron chi connectivity index (χ4n) is 3.89. The third-order valence-electron chi connectivity index (χ3n) is 5.50. The van der Waals surface area contributed by atoms with Gasteiger partial charge in [0.05, 0.1) is 6.10 Å². The van der Waals surface area contributed by atoms with E-state index < -0.39 is 6.10 Å². The van der Waals surface area contributed by atoms with Gasteiger partial charge in [0.1, 0.15) is 11.5 Å². The molecule has 3 rings (SSSR count). The molecule has 0 saturated carbocycles. The molecule has 0 heterocycles. The van der Waals surface area contributed by atoms with Crippen LogP contribution in [0.25, 0.3) is 0 Å². The lowest BCUT2D eigenvalue weighted by Gasteiger charge is -2.20. The summed E-state index contributed by atoms with van der Waals surface area (Å²) in [5.74, 6) is 1.67. The zero-order chi connectivity index (χ0) is 21.3. The van der Waals surface area contributed by atoms with Crippen molar-refractivity contribution in [2.45, 2.75) is 77.9 Å². The molecule has 1 aliphatic carbocycles. The fraction of sp³-hybridized carbons (Fsp3) is 0.500. The third-order valence-corrected chi connectivity index (χ3v) is 5.50. The third kappa shape index (κ3) is 6.51. The Kier molecular flexibility index (Phi) is 8.18. The quantitative estimate of drug-likeness (QED) is 0.545. The van der Waals surface area contributed by atoms with E-state index in [0.717, 1.165) is 37.2 Å². The molecule has 2 aromatic rings. The zero-order valence-electron chi connectivity index (χ0n) is 18.6. The molecule has 0 radical (unpaired) electrons. The van der Waals surface area contributed by atoms with Crippen LogP contribution in [-0.2, 0) is 24.1 Å². The SMILES string of the molecule is CC[C@H](Oc1ccc2c(c1)CCCC2)C(=O)NCCCc1ccc(OC(C)C)cc1. The summed E-state index contributed by atoms with van der Waals surface area (Å²) in [6.07, 6.45) is 6.97. The van der Waals surface area contributed by atoms with Crippen LogP contribution in [0.2, 0.25) is 0 Å². The Balaban J connectivity index is 1.43. The molecule has 0 bridgehead atoms.